The van der Waals surface area contributed by atoms with Gasteiger partial charge < -0.3 is 10.1 Å². The standard InChI is InChI=1S/C19H21ClN2O4S/c1-13-10-17(27(24,25)22-16-6-7-16)8-9-18(13)26-12-19(23)21-11-14-2-4-15(20)5-3-14/h2-5,8-10,16,22H,6-7,11-12H2,1H3,(H,21,23). The number of amides is 1. The summed E-state index contributed by atoms with van der Waals surface area (Å²) in [6, 6.07) is 11.8. The molecule has 1 saturated carbocycles. The molecule has 2 aromatic carbocycles. The summed E-state index contributed by atoms with van der Waals surface area (Å²) < 4.78 is 32.6. The maximum Gasteiger partial charge on any atom is 0.258 e. The number of sulfonamides is 1. The molecule has 0 unspecified atom stereocenters. The molecule has 0 aromatic heterocycles. The van der Waals surface area contributed by atoms with Crippen LogP contribution in [0.4, 0.5) is 0 Å². The summed E-state index contributed by atoms with van der Waals surface area (Å²) in [6.07, 6.45) is 1.76. The third kappa shape index (κ3) is 5.69. The highest BCUT2D eigenvalue weighted by molar-refractivity contribution is 7.89. The lowest BCUT2D eigenvalue weighted by Crippen LogP contribution is -2.28. The van der Waals surface area contributed by atoms with E-state index in [2.05, 4.69) is 10.0 Å². The largest absolute Gasteiger partial charge is 0.484 e. The molecule has 2 N–H and O–H groups in total. The van der Waals surface area contributed by atoms with E-state index in [1.807, 2.05) is 12.1 Å². The molecular formula is C19H21ClN2O4S. The lowest BCUT2D eigenvalue weighted by atomic mass is 10.2. The Kier molecular flexibility index (Phi) is 6.04. The van der Waals surface area contributed by atoms with Crippen molar-refractivity contribution in [2.24, 2.45) is 0 Å². The number of aryl methyl sites for hydroxylation is 1. The van der Waals surface area contributed by atoms with Crippen LogP contribution >= 0.6 is 11.6 Å². The fourth-order valence-electron chi connectivity index (χ4n) is 2.44. The molecule has 27 heavy (non-hydrogen) atoms. The van der Waals surface area contributed by atoms with Crippen molar-refractivity contribution in [2.75, 3.05) is 6.61 Å². The van der Waals surface area contributed by atoms with E-state index in [-0.39, 0.29) is 23.5 Å². The summed E-state index contributed by atoms with van der Waals surface area (Å²) in [4.78, 5) is 12.2. The summed E-state index contributed by atoms with van der Waals surface area (Å²) >= 11 is 5.82. The predicted octanol–water partition coefficient (Wildman–Crippen LogP) is 2.78. The van der Waals surface area contributed by atoms with E-state index >= 15 is 0 Å². The van der Waals surface area contributed by atoms with Gasteiger partial charge in [-0.1, -0.05) is 23.7 Å². The Morgan fingerprint density at radius 3 is 2.52 bits per heavy atom. The number of hydrogen-bond donors (Lipinski definition) is 2. The van der Waals surface area contributed by atoms with Gasteiger partial charge in [-0.2, -0.15) is 0 Å². The fraction of sp³-hybridized carbons (Fsp3) is 0.316. The summed E-state index contributed by atoms with van der Waals surface area (Å²) in [7, 11) is -3.50. The second-order valence-electron chi connectivity index (χ2n) is 6.51. The zero-order valence-electron chi connectivity index (χ0n) is 14.9. The van der Waals surface area contributed by atoms with Crippen LogP contribution in [0.1, 0.15) is 24.0 Å². The highest BCUT2D eigenvalue weighted by Crippen LogP contribution is 2.25. The summed E-state index contributed by atoms with van der Waals surface area (Å²) in [5, 5.41) is 3.40. The van der Waals surface area contributed by atoms with E-state index < -0.39 is 10.0 Å². The topological polar surface area (TPSA) is 84.5 Å². The monoisotopic (exact) mass is 408 g/mol. The van der Waals surface area contributed by atoms with Crippen LogP contribution in [-0.4, -0.2) is 27.0 Å². The molecule has 0 atom stereocenters. The molecule has 0 aliphatic heterocycles. The smallest absolute Gasteiger partial charge is 0.258 e. The second kappa shape index (κ2) is 8.29. The third-order valence-corrected chi connectivity index (χ3v) is 5.89. The normalized spacial score (nSPS) is 14.0. The number of nitrogens with one attached hydrogen (secondary N) is 2. The molecular weight excluding hydrogens is 388 g/mol. The zero-order valence-corrected chi connectivity index (χ0v) is 16.4. The molecule has 0 bridgehead atoms. The SMILES string of the molecule is Cc1cc(S(=O)(=O)NC2CC2)ccc1OCC(=O)NCc1ccc(Cl)cc1. The van der Waals surface area contributed by atoms with Crippen molar-refractivity contribution in [1.29, 1.82) is 0 Å². The molecule has 8 heteroatoms. The number of hydrogen-bond acceptors (Lipinski definition) is 4. The van der Waals surface area contributed by atoms with E-state index in [1.165, 1.54) is 6.07 Å². The van der Waals surface area contributed by atoms with Gasteiger partial charge >= 0.3 is 0 Å². The molecule has 2 aromatic rings. The predicted molar refractivity (Wildman–Crippen MR) is 103 cm³/mol. The molecule has 1 aliphatic carbocycles. The van der Waals surface area contributed by atoms with Gasteiger partial charge in [0.1, 0.15) is 5.75 Å². The molecule has 0 radical (unpaired) electrons. The minimum absolute atomic E-state index is 0.0515. The summed E-state index contributed by atoms with van der Waals surface area (Å²) in [6.45, 7) is 1.97. The van der Waals surface area contributed by atoms with Crippen molar-refractivity contribution in [2.45, 2.75) is 37.2 Å². The van der Waals surface area contributed by atoms with Gasteiger partial charge in [-0.15, -0.1) is 0 Å². The van der Waals surface area contributed by atoms with E-state index in [0.29, 0.717) is 22.9 Å². The van der Waals surface area contributed by atoms with Crippen LogP contribution in [0.3, 0.4) is 0 Å². The Morgan fingerprint density at radius 1 is 1.19 bits per heavy atom. The molecule has 1 amide bonds. The molecule has 3 rings (SSSR count). The van der Waals surface area contributed by atoms with E-state index in [4.69, 9.17) is 16.3 Å². The molecule has 1 aliphatic rings. The quantitative estimate of drug-likeness (QED) is 0.703. The number of ether oxygens (including phenoxy) is 1. The Hall–Kier alpha value is -2.09. The molecule has 1 fully saturated rings. The maximum atomic E-state index is 12.2. The van der Waals surface area contributed by atoms with Crippen LogP contribution in [0.25, 0.3) is 0 Å². The first-order valence-corrected chi connectivity index (χ1v) is 10.5. The van der Waals surface area contributed by atoms with Crippen molar-refractivity contribution in [3.05, 3.63) is 58.6 Å². The lowest BCUT2D eigenvalue weighted by molar-refractivity contribution is -0.123. The zero-order chi connectivity index (χ0) is 19.4. The Balaban J connectivity index is 1.52. The minimum Gasteiger partial charge on any atom is -0.484 e. The van der Waals surface area contributed by atoms with Crippen LogP contribution in [-0.2, 0) is 21.4 Å². The molecule has 144 valence electrons. The average Bonchev–Trinajstić information content (AvgIpc) is 3.43. The molecule has 6 nitrogen and oxygen atoms in total. The third-order valence-electron chi connectivity index (χ3n) is 4.12. The van der Waals surface area contributed by atoms with Crippen molar-refractivity contribution in [3.63, 3.8) is 0 Å². The summed E-state index contributed by atoms with van der Waals surface area (Å²) in [5.74, 6) is 0.207. The van der Waals surface area contributed by atoms with Crippen LogP contribution in [0.2, 0.25) is 5.02 Å². The minimum atomic E-state index is -3.50. The summed E-state index contributed by atoms with van der Waals surface area (Å²) in [5.41, 5.74) is 1.58. The second-order valence-corrected chi connectivity index (χ2v) is 8.67. The first kappa shape index (κ1) is 19.7. The van der Waals surface area contributed by atoms with Crippen LogP contribution < -0.4 is 14.8 Å². The van der Waals surface area contributed by atoms with Crippen LogP contribution in [0, 0.1) is 6.92 Å². The van der Waals surface area contributed by atoms with Gasteiger partial charge in [-0.3, -0.25) is 4.79 Å². The van der Waals surface area contributed by atoms with Gasteiger partial charge in [0, 0.05) is 17.6 Å². The van der Waals surface area contributed by atoms with Gasteiger partial charge in [0.15, 0.2) is 6.61 Å². The first-order chi connectivity index (χ1) is 12.8. The van der Waals surface area contributed by atoms with Gasteiger partial charge in [-0.25, -0.2) is 13.1 Å². The van der Waals surface area contributed by atoms with E-state index in [9.17, 15) is 13.2 Å². The van der Waals surface area contributed by atoms with Crippen molar-refractivity contribution >= 4 is 27.5 Å². The van der Waals surface area contributed by atoms with Gasteiger partial charge in [-0.05, 0) is 61.2 Å². The highest BCUT2D eigenvalue weighted by atomic mass is 35.5. The van der Waals surface area contributed by atoms with Gasteiger partial charge in [0.2, 0.25) is 10.0 Å². The maximum absolute atomic E-state index is 12.2. The fourth-order valence-corrected chi connectivity index (χ4v) is 3.95. The van der Waals surface area contributed by atoms with Gasteiger partial charge in [0.05, 0.1) is 4.90 Å². The average molecular weight is 409 g/mol. The number of carbonyl (C=O) groups excluding carboxylic acids is 1. The van der Waals surface area contributed by atoms with Crippen molar-refractivity contribution in [1.82, 2.24) is 10.0 Å². The number of benzene rings is 2. The number of rotatable bonds is 8. The first-order valence-electron chi connectivity index (χ1n) is 8.60. The van der Waals surface area contributed by atoms with Crippen LogP contribution in [0.5, 0.6) is 5.75 Å². The van der Waals surface area contributed by atoms with E-state index in [1.54, 1.807) is 31.2 Å². The lowest BCUT2D eigenvalue weighted by Gasteiger charge is -2.12. The van der Waals surface area contributed by atoms with E-state index in [0.717, 1.165) is 18.4 Å². The Labute approximate surface area is 163 Å². The van der Waals surface area contributed by atoms with Gasteiger partial charge in [0.25, 0.3) is 5.91 Å². The Bertz CT molecular complexity index is 925. The molecule has 0 spiro atoms. The molecule has 0 heterocycles. The Morgan fingerprint density at radius 2 is 1.89 bits per heavy atom. The number of carbonyl (C=O) groups is 1. The van der Waals surface area contributed by atoms with Crippen molar-refractivity contribution < 1.29 is 17.9 Å². The van der Waals surface area contributed by atoms with Crippen molar-refractivity contribution in [3.8, 4) is 5.75 Å². The highest BCUT2D eigenvalue weighted by Gasteiger charge is 2.28. The number of halogens is 1. The van der Waals surface area contributed by atoms with Crippen LogP contribution in [0.15, 0.2) is 47.4 Å². The molecule has 0 saturated heterocycles.